The van der Waals surface area contributed by atoms with Gasteiger partial charge in [-0.1, -0.05) is 5.16 Å². The molecule has 0 radical (unpaired) electrons. The second-order valence-electron chi connectivity index (χ2n) is 2.90. The number of anilines is 1. The van der Waals surface area contributed by atoms with Gasteiger partial charge in [-0.25, -0.2) is 0 Å². The molecule has 1 aromatic heterocycles. The first-order valence-electron chi connectivity index (χ1n) is 4.02. The number of rotatable bonds is 1. The number of hydrogen-bond acceptors (Lipinski definition) is 5. The Morgan fingerprint density at radius 1 is 1.27 bits per heavy atom. The lowest BCUT2D eigenvalue weighted by atomic mass is 10.1. The van der Waals surface area contributed by atoms with Crippen molar-refractivity contribution in [3.05, 3.63) is 24.1 Å². The van der Waals surface area contributed by atoms with E-state index in [1.807, 2.05) is 0 Å². The third-order valence-corrected chi connectivity index (χ3v) is 1.98. The molecule has 0 aliphatic heterocycles. The molecule has 0 atom stereocenters. The number of aromatic hydroxyl groups is 2. The Labute approximate surface area is 83.5 Å². The molecule has 0 unspecified atom stereocenters. The number of benzene rings is 1. The van der Waals surface area contributed by atoms with Crippen LogP contribution in [0.3, 0.4) is 0 Å². The van der Waals surface area contributed by atoms with Crippen LogP contribution in [-0.4, -0.2) is 15.4 Å². The minimum atomic E-state index is -1.10. The van der Waals surface area contributed by atoms with E-state index in [0.717, 1.165) is 6.07 Å². The fourth-order valence-electron chi connectivity index (χ4n) is 1.22. The van der Waals surface area contributed by atoms with Crippen molar-refractivity contribution in [3.8, 4) is 22.6 Å². The molecule has 0 spiro atoms. The Hall–Kier alpha value is -2.24. The molecule has 4 N–H and O–H groups in total. The molecule has 5 nitrogen and oxygen atoms in total. The third-order valence-electron chi connectivity index (χ3n) is 1.98. The Bertz CT molecular complexity index is 510. The van der Waals surface area contributed by atoms with Crippen LogP contribution in [0.4, 0.5) is 10.3 Å². The summed E-state index contributed by atoms with van der Waals surface area (Å²) in [6, 6.07) is 2.42. The summed E-state index contributed by atoms with van der Waals surface area (Å²) in [5, 5.41) is 21.8. The maximum absolute atomic E-state index is 13.1. The molecule has 6 heteroatoms. The van der Waals surface area contributed by atoms with Crippen LogP contribution >= 0.6 is 0 Å². The second-order valence-corrected chi connectivity index (χ2v) is 2.90. The van der Waals surface area contributed by atoms with Crippen LogP contribution in [0.2, 0.25) is 0 Å². The maximum Gasteiger partial charge on any atom is 0.230 e. The van der Waals surface area contributed by atoms with Crippen molar-refractivity contribution in [1.82, 2.24) is 5.16 Å². The van der Waals surface area contributed by atoms with Gasteiger partial charge in [-0.3, -0.25) is 0 Å². The largest absolute Gasteiger partial charge is 0.505 e. The number of halogens is 1. The van der Waals surface area contributed by atoms with E-state index in [1.165, 1.54) is 12.3 Å². The zero-order valence-electron chi connectivity index (χ0n) is 7.44. The predicted molar refractivity (Wildman–Crippen MR) is 49.6 cm³/mol. The highest BCUT2D eigenvalue weighted by molar-refractivity contribution is 5.77. The Morgan fingerprint density at radius 3 is 2.60 bits per heavy atom. The summed E-state index contributed by atoms with van der Waals surface area (Å²) in [5.41, 5.74) is 5.79. The van der Waals surface area contributed by atoms with E-state index in [9.17, 15) is 9.50 Å². The van der Waals surface area contributed by atoms with Gasteiger partial charge < -0.3 is 20.5 Å². The topological polar surface area (TPSA) is 92.5 Å². The van der Waals surface area contributed by atoms with Crippen molar-refractivity contribution in [3.63, 3.8) is 0 Å². The van der Waals surface area contributed by atoms with Crippen LogP contribution in [0.5, 0.6) is 11.5 Å². The molecule has 2 rings (SSSR count). The molecule has 2 aromatic rings. The lowest BCUT2D eigenvalue weighted by Gasteiger charge is -2.04. The monoisotopic (exact) mass is 210 g/mol. The lowest BCUT2D eigenvalue weighted by molar-refractivity contribution is 0.390. The highest BCUT2D eigenvalue weighted by Crippen LogP contribution is 2.37. The van der Waals surface area contributed by atoms with Crippen LogP contribution in [0.25, 0.3) is 11.1 Å². The molecule has 0 amide bonds. The molecular formula is C9H7FN2O3. The molecule has 15 heavy (non-hydrogen) atoms. The standard InChI is InChI=1S/C9H7FN2O3/c10-7-6(13)2-1-4(8(7)14)5-3-12-15-9(5)11/h1-3,13-14H,11H2. The SMILES string of the molecule is Nc1oncc1-c1ccc(O)c(F)c1O. The summed E-state index contributed by atoms with van der Waals surface area (Å²) in [4.78, 5) is 0. The van der Waals surface area contributed by atoms with Gasteiger partial charge in [0.05, 0.1) is 11.8 Å². The first-order chi connectivity index (χ1) is 7.11. The Balaban J connectivity index is 2.65. The van der Waals surface area contributed by atoms with E-state index in [1.54, 1.807) is 0 Å². The number of nitrogens with two attached hydrogens (primary N) is 1. The van der Waals surface area contributed by atoms with E-state index in [-0.39, 0.29) is 17.0 Å². The third kappa shape index (κ3) is 1.35. The van der Waals surface area contributed by atoms with Crippen molar-refractivity contribution in [2.75, 3.05) is 5.73 Å². The molecule has 0 aliphatic carbocycles. The summed E-state index contributed by atoms with van der Waals surface area (Å²) >= 11 is 0. The predicted octanol–water partition coefficient (Wildman–Crippen LogP) is 1.47. The minimum absolute atomic E-state index is 0.0320. The van der Waals surface area contributed by atoms with Gasteiger partial charge in [-0.05, 0) is 12.1 Å². The number of nitrogens with zero attached hydrogens (tertiary/aromatic N) is 1. The average Bonchev–Trinajstić information content (AvgIpc) is 2.62. The van der Waals surface area contributed by atoms with Crippen molar-refractivity contribution >= 4 is 5.88 Å². The van der Waals surface area contributed by atoms with Gasteiger partial charge in [0.2, 0.25) is 11.7 Å². The fourth-order valence-corrected chi connectivity index (χ4v) is 1.22. The van der Waals surface area contributed by atoms with Crippen LogP contribution < -0.4 is 5.73 Å². The summed E-state index contributed by atoms with van der Waals surface area (Å²) in [6.07, 6.45) is 1.25. The van der Waals surface area contributed by atoms with Gasteiger partial charge in [0.1, 0.15) is 0 Å². The molecule has 0 bridgehead atoms. The van der Waals surface area contributed by atoms with Gasteiger partial charge in [0, 0.05) is 5.56 Å². The van der Waals surface area contributed by atoms with Crippen molar-refractivity contribution in [2.45, 2.75) is 0 Å². The molecule has 0 saturated heterocycles. The van der Waals surface area contributed by atoms with E-state index >= 15 is 0 Å². The molecule has 0 fully saturated rings. The fraction of sp³-hybridized carbons (Fsp3) is 0. The smallest absolute Gasteiger partial charge is 0.230 e. The molecular weight excluding hydrogens is 203 g/mol. The Kier molecular flexibility index (Phi) is 1.96. The molecule has 0 aliphatic rings. The summed E-state index contributed by atoms with van der Waals surface area (Å²) in [7, 11) is 0. The summed E-state index contributed by atoms with van der Waals surface area (Å²) in [6.45, 7) is 0. The first kappa shape index (κ1) is 9.32. The number of nitrogen functional groups attached to an aromatic ring is 1. The van der Waals surface area contributed by atoms with E-state index in [0.29, 0.717) is 0 Å². The van der Waals surface area contributed by atoms with Crippen LogP contribution in [-0.2, 0) is 0 Å². The molecule has 0 saturated carbocycles. The zero-order valence-corrected chi connectivity index (χ0v) is 7.44. The second kappa shape index (κ2) is 3.16. The molecule has 1 heterocycles. The van der Waals surface area contributed by atoms with Crippen molar-refractivity contribution in [2.24, 2.45) is 0 Å². The number of hydrogen-bond donors (Lipinski definition) is 3. The summed E-state index contributed by atoms with van der Waals surface area (Å²) < 4.78 is 17.7. The number of phenolic OH excluding ortho intramolecular Hbond substituents is 2. The quantitative estimate of drug-likeness (QED) is 0.662. The van der Waals surface area contributed by atoms with Crippen LogP contribution in [0.15, 0.2) is 22.9 Å². The normalized spacial score (nSPS) is 10.5. The average molecular weight is 210 g/mol. The van der Waals surface area contributed by atoms with Gasteiger partial charge in [-0.2, -0.15) is 4.39 Å². The van der Waals surface area contributed by atoms with Crippen LogP contribution in [0, 0.1) is 5.82 Å². The van der Waals surface area contributed by atoms with E-state index in [2.05, 4.69) is 9.68 Å². The van der Waals surface area contributed by atoms with Gasteiger partial charge in [-0.15, -0.1) is 0 Å². The van der Waals surface area contributed by atoms with Gasteiger partial charge in [0.25, 0.3) is 0 Å². The van der Waals surface area contributed by atoms with Gasteiger partial charge in [0.15, 0.2) is 11.5 Å². The molecule has 1 aromatic carbocycles. The highest BCUT2D eigenvalue weighted by Gasteiger charge is 2.16. The number of aromatic nitrogens is 1. The van der Waals surface area contributed by atoms with Crippen LogP contribution in [0.1, 0.15) is 0 Å². The molecule has 78 valence electrons. The zero-order chi connectivity index (χ0) is 11.0. The van der Waals surface area contributed by atoms with E-state index < -0.39 is 17.3 Å². The summed E-state index contributed by atoms with van der Waals surface area (Å²) in [5.74, 6) is -2.46. The maximum atomic E-state index is 13.1. The van der Waals surface area contributed by atoms with Gasteiger partial charge >= 0.3 is 0 Å². The number of phenols is 2. The first-order valence-corrected chi connectivity index (χ1v) is 4.02. The highest BCUT2D eigenvalue weighted by atomic mass is 19.1. The van der Waals surface area contributed by atoms with Crippen molar-refractivity contribution in [1.29, 1.82) is 0 Å². The Morgan fingerprint density at radius 2 is 2.00 bits per heavy atom. The van der Waals surface area contributed by atoms with Crippen molar-refractivity contribution < 1.29 is 19.1 Å². The lowest BCUT2D eigenvalue weighted by Crippen LogP contribution is -1.87. The van der Waals surface area contributed by atoms with E-state index in [4.69, 9.17) is 10.8 Å². The minimum Gasteiger partial charge on any atom is -0.505 e.